The SMILES string of the molecule is CCC(C)C(NC(=O)c1ccccc1)C(=O)NCc1ccc(OCCOC)nc1. The molecule has 7 nitrogen and oxygen atoms in total. The molecule has 0 saturated carbocycles. The number of nitrogens with one attached hydrogen (secondary N) is 2. The summed E-state index contributed by atoms with van der Waals surface area (Å²) in [5, 5.41) is 5.75. The lowest BCUT2D eigenvalue weighted by Crippen LogP contribution is -2.50. The van der Waals surface area contributed by atoms with Crippen molar-refractivity contribution in [2.24, 2.45) is 5.92 Å². The van der Waals surface area contributed by atoms with E-state index in [1.54, 1.807) is 43.6 Å². The summed E-state index contributed by atoms with van der Waals surface area (Å²) in [6.45, 7) is 5.18. The summed E-state index contributed by atoms with van der Waals surface area (Å²) < 4.78 is 10.4. The first-order chi connectivity index (χ1) is 14.0. The maximum atomic E-state index is 12.7. The van der Waals surface area contributed by atoms with Crippen LogP contribution >= 0.6 is 0 Å². The van der Waals surface area contributed by atoms with Gasteiger partial charge in [0.25, 0.3) is 5.91 Å². The minimum absolute atomic E-state index is 0.00246. The first-order valence-electron chi connectivity index (χ1n) is 9.75. The van der Waals surface area contributed by atoms with Crippen molar-refractivity contribution >= 4 is 11.8 Å². The van der Waals surface area contributed by atoms with E-state index in [1.165, 1.54) is 0 Å². The van der Waals surface area contributed by atoms with Crippen molar-refractivity contribution in [1.29, 1.82) is 0 Å². The highest BCUT2D eigenvalue weighted by molar-refractivity contribution is 5.97. The van der Waals surface area contributed by atoms with Gasteiger partial charge in [0.2, 0.25) is 11.8 Å². The van der Waals surface area contributed by atoms with Gasteiger partial charge in [-0.25, -0.2) is 4.98 Å². The summed E-state index contributed by atoms with van der Waals surface area (Å²) in [6.07, 6.45) is 2.42. The van der Waals surface area contributed by atoms with E-state index in [1.807, 2.05) is 26.0 Å². The van der Waals surface area contributed by atoms with Crippen LogP contribution in [0, 0.1) is 5.92 Å². The van der Waals surface area contributed by atoms with E-state index in [0.717, 1.165) is 12.0 Å². The van der Waals surface area contributed by atoms with E-state index in [9.17, 15) is 9.59 Å². The fourth-order valence-electron chi connectivity index (χ4n) is 2.65. The van der Waals surface area contributed by atoms with E-state index in [4.69, 9.17) is 9.47 Å². The minimum Gasteiger partial charge on any atom is -0.475 e. The highest BCUT2D eigenvalue weighted by Crippen LogP contribution is 2.11. The van der Waals surface area contributed by atoms with Crippen molar-refractivity contribution in [3.05, 3.63) is 59.8 Å². The van der Waals surface area contributed by atoms with E-state index in [-0.39, 0.29) is 17.7 Å². The van der Waals surface area contributed by atoms with Crippen LogP contribution in [0.5, 0.6) is 5.88 Å². The Morgan fingerprint density at radius 3 is 2.48 bits per heavy atom. The number of hydrogen-bond acceptors (Lipinski definition) is 5. The molecule has 7 heteroatoms. The monoisotopic (exact) mass is 399 g/mol. The molecule has 0 aliphatic carbocycles. The van der Waals surface area contributed by atoms with Crippen LogP contribution in [0.4, 0.5) is 0 Å². The summed E-state index contributed by atoms with van der Waals surface area (Å²) in [6, 6.07) is 11.9. The van der Waals surface area contributed by atoms with Gasteiger partial charge < -0.3 is 20.1 Å². The molecule has 156 valence electrons. The van der Waals surface area contributed by atoms with Crippen molar-refractivity contribution in [2.75, 3.05) is 20.3 Å². The Balaban J connectivity index is 1.93. The normalized spacial score (nSPS) is 12.7. The highest BCUT2D eigenvalue weighted by Gasteiger charge is 2.26. The number of carbonyl (C=O) groups is 2. The third-order valence-corrected chi connectivity index (χ3v) is 4.62. The zero-order valence-corrected chi connectivity index (χ0v) is 17.2. The largest absolute Gasteiger partial charge is 0.475 e. The van der Waals surface area contributed by atoms with Crippen LogP contribution in [-0.2, 0) is 16.1 Å². The van der Waals surface area contributed by atoms with Crippen LogP contribution in [0.1, 0.15) is 36.2 Å². The van der Waals surface area contributed by atoms with Crippen LogP contribution in [0.2, 0.25) is 0 Å². The molecule has 2 aromatic rings. The summed E-state index contributed by atoms with van der Waals surface area (Å²) >= 11 is 0. The van der Waals surface area contributed by atoms with Crippen LogP contribution < -0.4 is 15.4 Å². The van der Waals surface area contributed by atoms with Gasteiger partial charge in [-0.3, -0.25) is 9.59 Å². The molecule has 0 aliphatic rings. The Kier molecular flexibility index (Phi) is 9.11. The van der Waals surface area contributed by atoms with Crippen LogP contribution in [0.3, 0.4) is 0 Å². The number of aromatic nitrogens is 1. The molecule has 1 aromatic heterocycles. The van der Waals surface area contributed by atoms with Gasteiger partial charge in [0.15, 0.2) is 0 Å². The lowest BCUT2D eigenvalue weighted by atomic mass is 9.97. The van der Waals surface area contributed by atoms with Crippen LogP contribution in [0.15, 0.2) is 48.7 Å². The standard InChI is InChI=1S/C22H29N3O4/c1-4-16(2)20(25-21(26)18-8-6-5-7-9-18)22(27)24-15-17-10-11-19(23-14-17)29-13-12-28-3/h5-11,14,16,20H,4,12-13,15H2,1-3H3,(H,24,27)(H,25,26). The number of ether oxygens (including phenoxy) is 2. The molecule has 0 saturated heterocycles. The fourth-order valence-corrected chi connectivity index (χ4v) is 2.65. The van der Waals surface area contributed by atoms with E-state index < -0.39 is 6.04 Å². The second-order valence-electron chi connectivity index (χ2n) is 6.77. The molecule has 1 aromatic carbocycles. The van der Waals surface area contributed by atoms with E-state index in [2.05, 4.69) is 15.6 Å². The molecule has 0 aliphatic heterocycles. The molecular formula is C22H29N3O4. The average molecular weight is 399 g/mol. The van der Waals surface area contributed by atoms with Gasteiger partial charge in [0.05, 0.1) is 6.61 Å². The lowest BCUT2D eigenvalue weighted by Gasteiger charge is -2.23. The topological polar surface area (TPSA) is 89.6 Å². The van der Waals surface area contributed by atoms with Crippen LogP contribution in [-0.4, -0.2) is 43.2 Å². The molecule has 0 bridgehead atoms. The Bertz CT molecular complexity index is 765. The van der Waals surface area contributed by atoms with Crippen molar-refractivity contribution in [3.63, 3.8) is 0 Å². The van der Waals surface area contributed by atoms with Gasteiger partial charge in [-0.15, -0.1) is 0 Å². The van der Waals surface area contributed by atoms with E-state index in [0.29, 0.717) is 31.2 Å². The number of methoxy groups -OCH3 is 1. The van der Waals surface area contributed by atoms with Crippen molar-refractivity contribution in [1.82, 2.24) is 15.6 Å². The fraction of sp³-hybridized carbons (Fsp3) is 0.409. The molecule has 1 heterocycles. The molecule has 0 radical (unpaired) electrons. The minimum atomic E-state index is -0.614. The average Bonchev–Trinajstić information content (AvgIpc) is 2.76. The Labute approximate surface area is 171 Å². The van der Waals surface area contributed by atoms with Crippen molar-refractivity contribution < 1.29 is 19.1 Å². The van der Waals surface area contributed by atoms with Gasteiger partial charge in [-0.1, -0.05) is 44.5 Å². The molecule has 29 heavy (non-hydrogen) atoms. The molecule has 2 amide bonds. The third-order valence-electron chi connectivity index (χ3n) is 4.62. The van der Waals surface area contributed by atoms with Gasteiger partial charge >= 0.3 is 0 Å². The van der Waals surface area contributed by atoms with Gasteiger partial charge in [0.1, 0.15) is 12.6 Å². The number of amides is 2. The summed E-state index contributed by atoms with van der Waals surface area (Å²) in [5.74, 6) is 0.0245. The number of pyridine rings is 1. The molecule has 0 fully saturated rings. The molecular weight excluding hydrogens is 370 g/mol. The zero-order valence-electron chi connectivity index (χ0n) is 17.2. The lowest BCUT2D eigenvalue weighted by molar-refractivity contribution is -0.124. The van der Waals surface area contributed by atoms with Gasteiger partial charge in [-0.05, 0) is 23.6 Å². The van der Waals surface area contributed by atoms with Gasteiger partial charge in [0, 0.05) is 31.5 Å². The Morgan fingerprint density at radius 1 is 1.10 bits per heavy atom. The van der Waals surface area contributed by atoms with Gasteiger partial charge in [-0.2, -0.15) is 0 Å². The molecule has 2 atom stereocenters. The zero-order chi connectivity index (χ0) is 21.1. The summed E-state index contributed by atoms with van der Waals surface area (Å²) in [4.78, 5) is 29.4. The second-order valence-corrected chi connectivity index (χ2v) is 6.77. The number of nitrogens with zero attached hydrogens (tertiary/aromatic N) is 1. The summed E-state index contributed by atoms with van der Waals surface area (Å²) in [5.41, 5.74) is 1.37. The number of rotatable bonds is 11. The first-order valence-corrected chi connectivity index (χ1v) is 9.75. The van der Waals surface area contributed by atoms with Crippen LogP contribution in [0.25, 0.3) is 0 Å². The smallest absolute Gasteiger partial charge is 0.251 e. The molecule has 2 unspecified atom stereocenters. The number of hydrogen-bond donors (Lipinski definition) is 2. The quantitative estimate of drug-likeness (QED) is 0.567. The van der Waals surface area contributed by atoms with Crippen molar-refractivity contribution in [3.8, 4) is 5.88 Å². The predicted octanol–water partition coefficient (Wildman–Crippen LogP) is 2.57. The van der Waals surface area contributed by atoms with Crippen molar-refractivity contribution in [2.45, 2.75) is 32.9 Å². The number of carbonyl (C=O) groups excluding carboxylic acids is 2. The maximum absolute atomic E-state index is 12.7. The molecule has 0 spiro atoms. The maximum Gasteiger partial charge on any atom is 0.251 e. The summed E-state index contributed by atoms with van der Waals surface area (Å²) in [7, 11) is 1.61. The Hall–Kier alpha value is -2.93. The number of benzene rings is 1. The van der Waals surface area contributed by atoms with E-state index >= 15 is 0 Å². The third kappa shape index (κ3) is 7.19. The predicted molar refractivity (Wildman–Crippen MR) is 111 cm³/mol. The molecule has 2 N–H and O–H groups in total. The highest BCUT2D eigenvalue weighted by atomic mass is 16.5. The second kappa shape index (κ2) is 11.8. The molecule has 2 rings (SSSR count). The Morgan fingerprint density at radius 2 is 1.86 bits per heavy atom. The first kappa shape index (κ1) is 22.4.